The molecule has 0 radical (unpaired) electrons. The molecule has 4 aromatic carbocycles. The predicted octanol–water partition coefficient (Wildman–Crippen LogP) is 6.05. The minimum Gasteiger partial charge on any atom is -0.478 e. The van der Waals surface area contributed by atoms with Gasteiger partial charge in [-0.2, -0.15) is 0 Å². The van der Waals surface area contributed by atoms with E-state index >= 15 is 0 Å². The molecule has 2 heterocycles. The first-order chi connectivity index (χ1) is 20.0. The fraction of sp³-hybridized carbons (Fsp3) is 0.147. The van der Waals surface area contributed by atoms with Crippen LogP contribution in [0.15, 0.2) is 109 Å². The lowest BCUT2D eigenvalue weighted by Crippen LogP contribution is -2.32. The number of anilines is 2. The van der Waals surface area contributed by atoms with Crippen molar-refractivity contribution in [1.82, 2.24) is 9.88 Å². The molecule has 0 spiro atoms. The molecule has 41 heavy (non-hydrogen) atoms. The quantitative estimate of drug-likeness (QED) is 0.225. The Morgan fingerprint density at radius 2 is 1.59 bits per heavy atom. The number of aromatic nitrogens is 1. The first-order valence-corrected chi connectivity index (χ1v) is 13.6. The molecule has 0 saturated carbocycles. The van der Waals surface area contributed by atoms with E-state index in [1.807, 2.05) is 48.5 Å². The van der Waals surface area contributed by atoms with Crippen LogP contribution in [0, 0.1) is 0 Å². The molecule has 0 aliphatic carbocycles. The van der Waals surface area contributed by atoms with Crippen LogP contribution in [0.2, 0.25) is 0 Å². The third-order valence-electron chi connectivity index (χ3n) is 7.18. The fourth-order valence-corrected chi connectivity index (χ4v) is 4.88. The minimum atomic E-state index is -0.946. The second-order valence-corrected chi connectivity index (χ2v) is 10.0. The van der Waals surface area contributed by atoms with Crippen molar-refractivity contribution in [2.75, 3.05) is 24.1 Å². The molecule has 7 nitrogen and oxygen atoms in total. The lowest BCUT2D eigenvalue weighted by Gasteiger charge is -2.28. The van der Waals surface area contributed by atoms with Crippen LogP contribution >= 0.6 is 0 Å². The second-order valence-electron chi connectivity index (χ2n) is 10.0. The fourth-order valence-electron chi connectivity index (χ4n) is 4.88. The molecular weight excluding hydrogens is 512 g/mol. The molecule has 1 aliphatic heterocycles. The van der Waals surface area contributed by atoms with Gasteiger partial charge in [-0.1, -0.05) is 66.7 Å². The summed E-state index contributed by atoms with van der Waals surface area (Å²) in [7, 11) is 0. The Morgan fingerprint density at radius 3 is 2.37 bits per heavy atom. The van der Waals surface area contributed by atoms with Crippen molar-refractivity contribution < 1.29 is 14.7 Å². The molecule has 1 aliphatic rings. The van der Waals surface area contributed by atoms with Gasteiger partial charge in [0.15, 0.2) is 0 Å². The Kier molecular flexibility index (Phi) is 8.67. The van der Waals surface area contributed by atoms with Crippen molar-refractivity contribution in [2.24, 2.45) is 0 Å². The third kappa shape index (κ3) is 7.15. The number of carbonyl (C=O) groups excluding carboxylic acids is 1. The van der Waals surface area contributed by atoms with E-state index in [9.17, 15) is 9.59 Å². The van der Waals surface area contributed by atoms with Crippen LogP contribution in [0.1, 0.15) is 37.4 Å². The number of pyridine rings is 1. The monoisotopic (exact) mass is 544 g/mol. The lowest BCUT2D eigenvalue weighted by atomic mass is 9.99. The van der Waals surface area contributed by atoms with E-state index < -0.39 is 5.97 Å². The molecule has 7 heteroatoms. The largest absolute Gasteiger partial charge is 0.478 e. The van der Waals surface area contributed by atoms with E-state index in [-0.39, 0.29) is 11.5 Å². The number of nitrogen functional groups attached to an aromatic ring is 1. The SMILES string of the molecule is Nc1ccccc1C(=O)Nc1ccc(CCN2CCc3ccccc3C2)cc1.O=C(O)c1cnc2ccccc2c1. The number of hydrogen-bond acceptors (Lipinski definition) is 5. The molecule has 0 atom stereocenters. The van der Waals surface area contributed by atoms with E-state index in [0.717, 1.165) is 49.1 Å². The van der Waals surface area contributed by atoms with E-state index in [1.54, 1.807) is 18.2 Å². The van der Waals surface area contributed by atoms with Gasteiger partial charge in [0.2, 0.25) is 0 Å². The molecule has 0 unspecified atom stereocenters. The molecule has 0 saturated heterocycles. The number of amides is 1. The maximum Gasteiger partial charge on any atom is 0.337 e. The highest BCUT2D eigenvalue weighted by atomic mass is 16.4. The Labute approximate surface area is 239 Å². The number of carboxylic acid groups (broad SMARTS) is 1. The minimum absolute atomic E-state index is 0.183. The van der Waals surface area contributed by atoms with Crippen molar-refractivity contribution in [1.29, 1.82) is 0 Å². The van der Waals surface area contributed by atoms with Crippen LogP contribution in [-0.4, -0.2) is 40.0 Å². The summed E-state index contributed by atoms with van der Waals surface area (Å²) in [5.41, 5.74) is 12.9. The summed E-state index contributed by atoms with van der Waals surface area (Å²) in [6.07, 6.45) is 3.50. The van der Waals surface area contributed by atoms with E-state index in [2.05, 4.69) is 51.6 Å². The number of para-hydroxylation sites is 2. The maximum atomic E-state index is 12.4. The predicted molar refractivity (Wildman–Crippen MR) is 163 cm³/mol. The summed E-state index contributed by atoms with van der Waals surface area (Å²) in [5, 5.41) is 12.5. The van der Waals surface area contributed by atoms with Crippen LogP contribution < -0.4 is 11.1 Å². The van der Waals surface area contributed by atoms with Gasteiger partial charge in [0.1, 0.15) is 0 Å². The zero-order chi connectivity index (χ0) is 28.6. The van der Waals surface area contributed by atoms with Crippen molar-refractivity contribution >= 4 is 34.2 Å². The molecule has 4 N–H and O–H groups in total. The number of benzene rings is 4. The number of fused-ring (bicyclic) bond motifs is 2. The molecule has 0 bridgehead atoms. The number of aromatic carboxylic acids is 1. The van der Waals surface area contributed by atoms with Gasteiger partial charge in [-0.3, -0.25) is 14.7 Å². The lowest BCUT2D eigenvalue weighted by molar-refractivity contribution is 0.0696. The molecule has 5 aromatic rings. The zero-order valence-electron chi connectivity index (χ0n) is 22.7. The Bertz CT molecular complexity index is 1670. The number of nitrogens with zero attached hydrogens (tertiary/aromatic N) is 2. The van der Waals surface area contributed by atoms with Crippen LogP contribution in [0.5, 0.6) is 0 Å². The summed E-state index contributed by atoms with van der Waals surface area (Å²) in [4.78, 5) is 29.5. The smallest absolute Gasteiger partial charge is 0.337 e. The second kappa shape index (κ2) is 12.9. The molecule has 206 valence electrons. The topological polar surface area (TPSA) is 109 Å². The number of carbonyl (C=O) groups is 2. The van der Waals surface area contributed by atoms with Gasteiger partial charge in [0, 0.05) is 42.6 Å². The number of nitrogens with one attached hydrogen (secondary N) is 1. The maximum absolute atomic E-state index is 12.4. The first-order valence-electron chi connectivity index (χ1n) is 13.6. The summed E-state index contributed by atoms with van der Waals surface area (Å²) in [6, 6.07) is 32.9. The molecule has 0 fully saturated rings. The number of hydrogen-bond donors (Lipinski definition) is 3. The van der Waals surface area contributed by atoms with Crippen molar-refractivity contribution in [3.05, 3.63) is 137 Å². The Hall–Kier alpha value is -5.01. The van der Waals surface area contributed by atoms with E-state index in [0.29, 0.717) is 11.3 Å². The number of rotatable bonds is 6. The van der Waals surface area contributed by atoms with Gasteiger partial charge in [0.25, 0.3) is 5.91 Å². The van der Waals surface area contributed by atoms with Gasteiger partial charge in [0.05, 0.1) is 16.6 Å². The normalized spacial score (nSPS) is 12.6. The summed E-state index contributed by atoms with van der Waals surface area (Å²) >= 11 is 0. The number of carboxylic acids is 1. The molecule has 6 rings (SSSR count). The summed E-state index contributed by atoms with van der Waals surface area (Å²) in [6.45, 7) is 3.19. The average molecular weight is 545 g/mol. The standard InChI is InChI=1S/C24H25N3O.C10H7NO2/c25-23-8-4-3-7-22(23)24(28)26-21-11-9-18(10-12-21)13-15-27-16-14-19-5-1-2-6-20(19)17-27;12-10(13)8-5-7-3-1-2-4-9(7)11-6-8/h1-12H,13-17,25H2,(H,26,28);1-6H,(H,12,13). The van der Waals surface area contributed by atoms with Gasteiger partial charge in [-0.05, 0) is 65.9 Å². The highest BCUT2D eigenvalue weighted by Crippen LogP contribution is 2.20. The van der Waals surface area contributed by atoms with Crippen molar-refractivity contribution in [2.45, 2.75) is 19.4 Å². The van der Waals surface area contributed by atoms with Crippen molar-refractivity contribution in [3.63, 3.8) is 0 Å². The molecule has 1 aromatic heterocycles. The average Bonchev–Trinajstić information content (AvgIpc) is 3.01. The van der Waals surface area contributed by atoms with E-state index in [4.69, 9.17) is 10.8 Å². The van der Waals surface area contributed by atoms with Gasteiger partial charge >= 0.3 is 5.97 Å². The molecular formula is C34H32N4O3. The van der Waals surface area contributed by atoms with Crippen molar-refractivity contribution in [3.8, 4) is 0 Å². The third-order valence-corrected chi connectivity index (χ3v) is 7.18. The van der Waals surface area contributed by atoms with Crippen LogP contribution in [-0.2, 0) is 19.4 Å². The summed E-state index contributed by atoms with van der Waals surface area (Å²) in [5.74, 6) is -1.13. The van der Waals surface area contributed by atoms with Crippen LogP contribution in [0.3, 0.4) is 0 Å². The Morgan fingerprint density at radius 1 is 0.878 bits per heavy atom. The van der Waals surface area contributed by atoms with Gasteiger partial charge in [-0.15, -0.1) is 0 Å². The highest BCUT2D eigenvalue weighted by Gasteiger charge is 2.15. The van der Waals surface area contributed by atoms with Crippen LogP contribution in [0.25, 0.3) is 10.9 Å². The number of nitrogens with two attached hydrogens (primary N) is 1. The first kappa shape index (κ1) is 27.6. The highest BCUT2D eigenvalue weighted by molar-refractivity contribution is 6.07. The Balaban J connectivity index is 0.000000216. The van der Waals surface area contributed by atoms with Gasteiger partial charge in [-0.25, -0.2) is 4.79 Å². The van der Waals surface area contributed by atoms with Crippen LogP contribution in [0.4, 0.5) is 11.4 Å². The van der Waals surface area contributed by atoms with E-state index in [1.165, 1.54) is 22.9 Å². The summed E-state index contributed by atoms with van der Waals surface area (Å²) < 4.78 is 0. The molecule has 1 amide bonds. The zero-order valence-corrected chi connectivity index (χ0v) is 22.7. The van der Waals surface area contributed by atoms with Gasteiger partial charge < -0.3 is 16.2 Å².